The average molecular weight is 325 g/mol. The molecule has 7 heteroatoms. The molecule has 2 aromatic rings. The van der Waals surface area contributed by atoms with Crippen LogP contribution in [0.1, 0.15) is 33.8 Å². The van der Waals surface area contributed by atoms with Gasteiger partial charge in [0.1, 0.15) is 4.88 Å². The first-order valence-corrected chi connectivity index (χ1v) is 8.56. The number of sulfonamides is 1. The molecule has 21 heavy (non-hydrogen) atoms. The van der Waals surface area contributed by atoms with Crippen LogP contribution < -0.4 is 4.72 Å². The molecule has 1 heterocycles. The minimum Gasteiger partial charge on any atom is -0.477 e. The van der Waals surface area contributed by atoms with Gasteiger partial charge in [0.2, 0.25) is 10.0 Å². The summed E-state index contributed by atoms with van der Waals surface area (Å²) in [5.41, 5.74) is 1.94. The highest BCUT2D eigenvalue weighted by atomic mass is 32.2. The van der Waals surface area contributed by atoms with Crippen LogP contribution in [-0.4, -0.2) is 19.5 Å². The van der Waals surface area contributed by atoms with Crippen molar-refractivity contribution in [2.24, 2.45) is 0 Å². The van der Waals surface area contributed by atoms with Crippen LogP contribution in [0.3, 0.4) is 0 Å². The second-order valence-electron chi connectivity index (χ2n) is 4.71. The van der Waals surface area contributed by atoms with Gasteiger partial charge >= 0.3 is 5.97 Å². The number of aromatic carboxylic acids is 1. The highest BCUT2D eigenvalue weighted by molar-refractivity contribution is 7.89. The van der Waals surface area contributed by atoms with E-state index in [1.807, 2.05) is 31.2 Å². The Morgan fingerprint density at radius 2 is 1.90 bits per heavy atom. The highest BCUT2D eigenvalue weighted by Crippen LogP contribution is 2.22. The van der Waals surface area contributed by atoms with Crippen LogP contribution in [0.4, 0.5) is 0 Å². The minimum absolute atomic E-state index is 0.00151. The molecule has 0 unspecified atom stereocenters. The molecule has 0 aliphatic rings. The van der Waals surface area contributed by atoms with Crippen molar-refractivity contribution >= 4 is 27.3 Å². The number of thiophene rings is 1. The summed E-state index contributed by atoms with van der Waals surface area (Å²) in [6.07, 6.45) is 0. The lowest BCUT2D eigenvalue weighted by Crippen LogP contribution is -2.26. The van der Waals surface area contributed by atoms with E-state index in [0.29, 0.717) is 0 Å². The van der Waals surface area contributed by atoms with Gasteiger partial charge in [-0.1, -0.05) is 29.8 Å². The molecule has 0 aliphatic heterocycles. The first kappa shape index (κ1) is 15.7. The Morgan fingerprint density at radius 3 is 2.43 bits per heavy atom. The van der Waals surface area contributed by atoms with Crippen molar-refractivity contribution in [3.63, 3.8) is 0 Å². The molecule has 112 valence electrons. The number of carbonyl (C=O) groups is 1. The van der Waals surface area contributed by atoms with E-state index in [9.17, 15) is 13.2 Å². The standard InChI is InChI=1S/C14H15NO4S2/c1-9-3-5-11(6-4-9)10(2)15-21(18,19)12-7-13(14(16)17)20-8-12/h3-8,10,15H,1-2H3,(H,16,17)/t10-/m1/s1. The van der Waals surface area contributed by atoms with Gasteiger partial charge in [-0.25, -0.2) is 17.9 Å². The molecule has 0 saturated carbocycles. The predicted molar refractivity (Wildman–Crippen MR) is 81.2 cm³/mol. The molecule has 2 rings (SSSR count). The summed E-state index contributed by atoms with van der Waals surface area (Å²) in [5.74, 6) is -1.13. The monoisotopic (exact) mass is 325 g/mol. The lowest BCUT2D eigenvalue weighted by molar-refractivity contribution is 0.0702. The van der Waals surface area contributed by atoms with E-state index < -0.39 is 22.0 Å². The third-order valence-electron chi connectivity index (χ3n) is 3.01. The van der Waals surface area contributed by atoms with Gasteiger partial charge in [-0.15, -0.1) is 11.3 Å². The lowest BCUT2D eigenvalue weighted by atomic mass is 10.1. The molecule has 1 atom stereocenters. The molecular weight excluding hydrogens is 310 g/mol. The van der Waals surface area contributed by atoms with Crippen LogP contribution in [0.2, 0.25) is 0 Å². The number of benzene rings is 1. The zero-order valence-corrected chi connectivity index (χ0v) is 13.2. The van der Waals surface area contributed by atoms with E-state index >= 15 is 0 Å². The topological polar surface area (TPSA) is 83.5 Å². The number of aryl methyl sites for hydroxylation is 1. The van der Waals surface area contributed by atoms with Crippen molar-refractivity contribution in [2.75, 3.05) is 0 Å². The van der Waals surface area contributed by atoms with Crippen molar-refractivity contribution in [2.45, 2.75) is 24.8 Å². The van der Waals surface area contributed by atoms with Crippen LogP contribution in [0.25, 0.3) is 0 Å². The number of carboxylic acid groups (broad SMARTS) is 1. The summed E-state index contributed by atoms with van der Waals surface area (Å²) in [6.45, 7) is 3.70. The molecule has 2 N–H and O–H groups in total. The van der Waals surface area contributed by atoms with E-state index in [4.69, 9.17) is 5.11 Å². The fourth-order valence-corrected chi connectivity index (χ4v) is 4.14. The van der Waals surface area contributed by atoms with E-state index in [2.05, 4.69) is 4.72 Å². The normalized spacial score (nSPS) is 13.0. The van der Waals surface area contributed by atoms with Crippen molar-refractivity contribution in [3.8, 4) is 0 Å². The van der Waals surface area contributed by atoms with Crippen molar-refractivity contribution in [3.05, 3.63) is 51.7 Å². The molecule has 0 saturated heterocycles. The van der Waals surface area contributed by atoms with Gasteiger partial charge in [-0.2, -0.15) is 0 Å². The van der Waals surface area contributed by atoms with Gasteiger partial charge in [0, 0.05) is 11.4 Å². The van der Waals surface area contributed by atoms with Crippen LogP contribution in [0, 0.1) is 6.92 Å². The second-order valence-corrected chi connectivity index (χ2v) is 7.33. The molecule has 0 aliphatic carbocycles. The van der Waals surface area contributed by atoms with Gasteiger partial charge in [0.15, 0.2) is 0 Å². The zero-order chi connectivity index (χ0) is 15.6. The molecule has 1 aromatic carbocycles. The third-order valence-corrected chi connectivity index (χ3v) is 5.59. The molecular formula is C14H15NO4S2. The Balaban J connectivity index is 2.20. The van der Waals surface area contributed by atoms with Crippen LogP contribution in [0.5, 0.6) is 0 Å². The maximum Gasteiger partial charge on any atom is 0.345 e. The Morgan fingerprint density at radius 1 is 1.29 bits per heavy atom. The Hall–Kier alpha value is -1.70. The molecule has 0 bridgehead atoms. The van der Waals surface area contributed by atoms with Crippen molar-refractivity contribution < 1.29 is 18.3 Å². The van der Waals surface area contributed by atoms with Crippen molar-refractivity contribution in [1.29, 1.82) is 0 Å². The zero-order valence-electron chi connectivity index (χ0n) is 11.5. The lowest BCUT2D eigenvalue weighted by Gasteiger charge is -2.14. The number of nitrogens with one attached hydrogen (secondary N) is 1. The summed E-state index contributed by atoms with van der Waals surface area (Å²) >= 11 is 0.891. The summed E-state index contributed by atoms with van der Waals surface area (Å²) in [4.78, 5) is 10.8. The molecule has 1 aromatic heterocycles. The molecule has 0 amide bonds. The number of rotatable bonds is 5. The van der Waals surface area contributed by atoms with Gasteiger partial charge in [0.05, 0.1) is 4.90 Å². The summed E-state index contributed by atoms with van der Waals surface area (Å²) in [6, 6.07) is 8.30. The maximum absolute atomic E-state index is 12.2. The summed E-state index contributed by atoms with van der Waals surface area (Å²) < 4.78 is 27.0. The van der Waals surface area contributed by atoms with Gasteiger partial charge in [-0.3, -0.25) is 0 Å². The highest BCUT2D eigenvalue weighted by Gasteiger charge is 2.21. The van der Waals surface area contributed by atoms with Crippen LogP contribution in [0.15, 0.2) is 40.6 Å². The van der Waals surface area contributed by atoms with Gasteiger partial charge < -0.3 is 5.11 Å². The van der Waals surface area contributed by atoms with E-state index in [0.717, 1.165) is 28.5 Å². The van der Waals surface area contributed by atoms with Crippen molar-refractivity contribution in [1.82, 2.24) is 4.72 Å². The molecule has 0 radical (unpaired) electrons. The van der Waals surface area contributed by atoms with Crippen LogP contribution >= 0.6 is 11.3 Å². The predicted octanol–water partition coefficient (Wildman–Crippen LogP) is 2.79. The second kappa shape index (κ2) is 5.97. The fourth-order valence-electron chi connectivity index (χ4n) is 1.80. The maximum atomic E-state index is 12.2. The summed E-state index contributed by atoms with van der Waals surface area (Å²) in [7, 11) is -3.73. The first-order valence-electron chi connectivity index (χ1n) is 6.20. The fraction of sp³-hybridized carbons (Fsp3) is 0.214. The van der Waals surface area contributed by atoms with Gasteiger partial charge in [-0.05, 0) is 25.5 Å². The summed E-state index contributed by atoms with van der Waals surface area (Å²) in [5, 5.41) is 10.2. The Kier molecular flexibility index (Phi) is 4.46. The van der Waals surface area contributed by atoms with E-state index in [1.165, 1.54) is 5.38 Å². The van der Waals surface area contributed by atoms with E-state index in [-0.39, 0.29) is 9.77 Å². The number of hydrogen-bond donors (Lipinski definition) is 2. The average Bonchev–Trinajstić information content (AvgIpc) is 2.89. The Bertz CT molecular complexity index is 748. The Labute approximate surface area is 127 Å². The van der Waals surface area contributed by atoms with Crippen LogP contribution in [-0.2, 0) is 10.0 Å². The molecule has 0 fully saturated rings. The third kappa shape index (κ3) is 3.69. The largest absolute Gasteiger partial charge is 0.477 e. The molecule has 5 nitrogen and oxygen atoms in total. The number of carboxylic acids is 1. The number of hydrogen-bond acceptors (Lipinski definition) is 4. The smallest absolute Gasteiger partial charge is 0.345 e. The minimum atomic E-state index is -3.73. The quantitative estimate of drug-likeness (QED) is 0.885. The SMILES string of the molecule is Cc1ccc([C@@H](C)NS(=O)(=O)c2csc(C(=O)O)c2)cc1. The molecule has 0 spiro atoms. The first-order chi connectivity index (χ1) is 9.79. The van der Waals surface area contributed by atoms with Gasteiger partial charge in [0.25, 0.3) is 0 Å². The van der Waals surface area contributed by atoms with E-state index in [1.54, 1.807) is 6.92 Å².